The lowest BCUT2D eigenvalue weighted by Crippen LogP contribution is -2.44. The molecule has 4 aromatic rings. The van der Waals surface area contributed by atoms with Crippen LogP contribution in [0.5, 0.6) is 0 Å². The van der Waals surface area contributed by atoms with E-state index < -0.39 is 0 Å². The van der Waals surface area contributed by atoms with Crippen molar-refractivity contribution in [1.29, 1.82) is 0 Å². The average Bonchev–Trinajstić information content (AvgIpc) is 3.38. The number of hydrogen-bond acceptors (Lipinski definition) is 8. The van der Waals surface area contributed by atoms with Crippen molar-refractivity contribution in [3.63, 3.8) is 0 Å². The van der Waals surface area contributed by atoms with Crippen LogP contribution in [-0.4, -0.2) is 38.0 Å². The summed E-state index contributed by atoms with van der Waals surface area (Å²) in [7, 11) is 0. The molecule has 1 aliphatic carbocycles. The Balaban J connectivity index is 1.20. The lowest BCUT2D eigenvalue weighted by molar-refractivity contribution is 0.186. The van der Waals surface area contributed by atoms with Crippen LogP contribution in [-0.2, 0) is 6.42 Å². The minimum absolute atomic E-state index is 0.112. The predicted octanol–water partition coefficient (Wildman–Crippen LogP) is 4.12. The molecule has 8 nitrogen and oxygen atoms in total. The molecular formula is C23H22ClFN8S. The van der Waals surface area contributed by atoms with E-state index in [2.05, 4.69) is 29.8 Å². The quantitative estimate of drug-likeness (QED) is 0.387. The smallest absolute Gasteiger partial charge is 0.206 e. The molecule has 1 aliphatic heterocycles. The summed E-state index contributed by atoms with van der Waals surface area (Å²) in [4.78, 5) is 24.0. The topological polar surface area (TPSA) is 123 Å². The van der Waals surface area contributed by atoms with Crippen LogP contribution in [0.1, 0.15) is 30.0 Å². The monoisotopic (exact) mass is 496 g/mol. The number of nitrogens with one attached hydrogen (secondary N) is 1. The SMILES string of the molecule is Nc1nccc(Sc2cnc3[nH]c(N4CCC5(CC4)Cc4c(F)cccc4[C@H]5N)nc3n2)c1Cl. The van der Waals surface area contributed by atoms with Gasteiger partial charge in [-0.15, -0.1) is 0 Å². The van der Waals surface area contributed by atoms with Crippen LogP contribution in [0.4, 0.5) is 16.2 Å². The Hall–Kier alpha value is -2.95. The second-order valence-corrected chi connectivity index (χ2v) is 10.3. The molecule has 11 heteroatoms. The Morgan fingerprint density at radius 3 is 2.79 bits per heavy atom. The van der Waals surface area contributed by atoms with Crippen molar-refractivity contribution in [3.8, 4) is 0 Å². The highest BCUT2D eigenvalue weighted by molar-refractivity contribution is 7.99. The number of pyridine rings is 1. The normalized spacial score (nSPS) is 19.1. The van der Waals surface area contributed by atoms with Gasteiger partial charge in [0, 0.05) is 30.2 Å². The van der Waals surface area contributed by atoms with Gasteiger partial charge in [-0.1, -0.05) is 35.5 Å². The van der Waals surface area contributed by atoms with Crippen molar-refractivity contribution >= 4 is 46.4 Å². The highest BCUT2D eigenvalue weighted by atomic mass is 35.5. The third-order valence-electron chi connectivity index (χ3n) is 7.01. The summed E-state index contributed by atoms with van der Waals surface area (Å²) in [6, 6.07) is 6.88. The van der Waals surface area contributed by atoms with Gasteiger partial charge in [-0.3, -0.25) is 0 Å². The van der Waals surface area contributed by atoms with E-state index in [-0.39, 0.29) is 23.1 Å². The maximum absolute atomic E-state index is 14.4. The first-order valence-corrected chi connectivity index (χ1v) is 12.2. The number of piperidine rings is 1. The number of benzene rings is 1. The lowest BCUT2D eigenvalue weighted by atomic mass is 9.73. The van der Waals surface area contributed by atoms with Gasteiger partial charge in [0.15, 0.2) is 11.3 Å². The number of imidazole rings is 1. The molecule has 1 fully saturated rings. The van der Waals surface area contributed by atoms with Gasteiger partial charge in [-0.2, -0.15) is 4.98 Å². The third kappa shape index (κ3) is 3.48. The fraction of sp³-hybridized carbons (Fsp3) is 0.304. The third-order valence-corrected chi connectivity index (χ3v) is 8.48. The van der Waals surface area contributed by atoms with Gasteiger partial charge in [0.2, 0.25) is 5.95 Å². The van der Waals surface area contributed by atoms with E-state index in [9.17, 15) is 4.39 Å². The van der Waals surface area contributed by atoms with Gasteiger partial charge in [0.25, 0.3) is 0 Å². The Morgan fingerprint density at radius 2 is 2.00 bits per heavy atom. The fourth-order valence-electron chi connectivity index (χ4n) is 5.09. The first-order chi connectivity index (χ1) is 16.4. The minimum Gasteiger partial charge on any atom is -0.382 e. The second-order valence-electron chi connectivity index (χ2n) is 8.86. The summed E-state index contributed by atoms with van der Waals surface area (Å²) in [5.41, 5.74) is 15.2. The first-order valence-electron chi connectivity index (χ1n) is 11.0. The molecule has 1 spiro atoms. The largest absolute Gasteiger partial charge is 0.382 e. The number of hydrogen-bond donors (Lipinski definition) is 3. The summed E-state index contributed by atoms with van der Waals surface area (Å²) < 4.78 is 14.4. The summed E-state index contributed by atoms with van der Waals surface area (Å²) in [6.07, 6.45) is 5.70. The van der Waals surface area contributed by atoms with E-state index in [4.69, 9.17) is 23.1 Å². The Kier molecular flexibility index (Phi) is 5.12. The van der Waals surface area contributed by atoms with Gasteiger partial charge in [-0.25, -0.2) is 19.3 Å². The van der Waals surface area contributed by atoms with E-state index in [1.54, 1.807) is 24.5 Å². The number of halogens is 2. The van der Waals surface area contributed by atoms with E-state index in [0.717, 1.165) is 47.9 Å². The van der Waals surface area contributed by atoms with Crippen LogP contribution >= 0.6 is 23.4 Å². The molecule has 0 amide bonds. The molecule has 34 heavy (non-hydrogen) atoms. The number of H-pyrrole nitrogens is 1. The number of aromatic nitrogens is 5. The average molecular weight is 497 g/mol. The molecule has 0 radical (unpaired) electrons. The van der Waals surface area contributed by atoms with Crippen molar-refractivity contribution in [2.75, 3.05) is 23.7 Å². The number of rotatable bonds is 3. The summed E-state index contributed by atoms with van der Waals surface area (Å²) in [6.45, 7) is 1.55. The highest BCUT2D eigenvalue weighted by Crippen LogP contribution is 2.51. The number of nitrogens with zero attached hydrogens (tertiary/aromatic N) is 5. The lowest BCUT2D eigenvalue weighted by Gasteiger charge is -2.42. The molecule has 3 aromatic heterocycles. The molecule has 2 aliphatic rings. The van der Waals surface area contributed by atoms with E-state index in [1.807, 2.05) is 6.07 Å². The van der Waals surface area contributed by atoms with E-state index >= 15 is 0 Å². The number of anilines is 2. The Bertz CT molecular complexity index is 1400. The predicted molar refractivity (Wildman–Crippen MR) is 130 cm³/mol. The molecule has 1 aromatic carbocycles. The maximum atomic E-state index is 14.4. The Labute approximate surface area is 204 Å². The van der Waals surface area contributed by atoms with Crippen LogP contribution in [0.15, 0.2) is 46.6 Å². The van der Waals surface area contributed by atoms with E-state index in [1.165, 1.54) is 17.8 Å². The maximum Gasteiger partial charge on any atom is 0.206 e. The first kappa shape index (κ1) is 21.6. The molecular weight excluding hydrogens is 475 g/mol. The van der Waals surface area contributed by atoms with Crippen molar-refractivity contribution in [1.82, 2.24) is 24.9 Å². The second kappa shape index (κ2) is 8.07. The minimum atomic E-state index is -0.147. The summed E-state index contributed by atoms with van der Waals surface area (Å²) in [5.74, 6) is 0.859. The van der Waals surface area contributed by atoms with Crippen LogP contribution in [0.3, 0.4) is 0 Å². The van der Waals surface area contributed by atoms with E-state index in [0.29, 0.717) is 27.8 Å². The molecule has 6 rings (SSSR count). The van der Waals surface area contributed by atoms with Crippen molar-refractivity contribution in [2.45, 2.75) is 35.2 Å². The highest BCUT2D eigenvalue weighted by Gasteiger charge is 2.47. The zero-order chi connectivity index (χ0) is 23.4. The van der Waals surface area contributed by atoms with Crippen LogP contribution in [0, 0.1) is 11.2 Å². The molecule has 1 saturated heterocycles. The van der Waals surface area contributed by atoms with Gasteiger partial charge >= 0.3 is 0 Å². The number of aromatic amines is 1. The fourth-order valence-corrected chi connectivity index (χ4v) is 6.11. The summed E-state index contributed by atoms with van der Waals surface area (Å²) >= 11 is 7.61. The zero-order valence-electron chi connectivity index (χ0n) is 18.1. The molecule has 4 heterocycles. The van der Waals surface area contributed by atoms with Gasteiger partial charge in [0.1, 0.15) is 16.7 Å². The molecule has 0 unspecified atom stereocenters. The Morgan fingerprint density at radius 1 is 1.18 bits per heavy atom. The standard InChI is InChI=1S/C23H22ClFN8S/c24-17-15(4-7-28-19(17)27)34-16-11-29-20-21(30-16)32-22(31-20)33-8-5-23(6-9-33)10-13-12(18(23)26)2-1-3-14(13)25/h1-4,7,11,18H,5-6,8-10,26H2,(H2,27,28)(H,29,30,31,32)/t18-/m1/s1. The molecule has 174 valence electrons. The van der Waals surface area contributed by atoms with Crippen LogP contribution in [0.25, 0.3) is 11.3 Å². The van der Waals surface area contributed by atoms with Gasteiger partial charge in [0.05, 0.1) is 11.2 Å². The molecule has 0 saturated carbocycles. The molecule has 1 atom stereocenters. The number of nitrogens with two attached hydrogens (primary N) is 2. The zero-order valence-corrected chi connectivity index (χ0v) is 19.7. The number of nitrogen functional groups attached to an aromatic ring is 1. The molecule has 5 N–H and O–H groups in total. The van der Waals surface area contributed by atoms with Gasteiger partial charge in [-0.05, 0) is 47.9 Å². The summed E-state index contributed by atoms with van der Waals surface area (Å²) in [5, 5.41) is 1.05. The van der Waals surface area contributed by atoms with Crippen LogP contribution in [0.2, 0.25) is 5.02 Å². The van der Waals surface area contributed by atoms with Crippen molar-refractivity contribution < 1.29 is 4.39 Å². The van der Waals surface area contributed by atoms with Crippen molar-refractivity contribution in [3.05, 3.63) is 58.6 Å². The van der Waals surface area contributed by atoms with Crippen molar-refractivity contribution in [2.24, 2.45) is 11.1 Å². The van der Waals surface area contributed by atoms with Crippen LogP contribution < -0.4 is 16.4 Å². The number of fused-ring (bicyclic) bond motifs is 2. The molecule has 0 bridgehead atoms. The van der Waals surface area contributed by atoms with Gasteiger partial charge < -0.3 is 21.4 Å².